The number of rotatable bonds is 11. The standard InChI is InChI=1S/C33H42N4O6S/c1-6-19-15(2)24(36-33(19)43)11-22-16(3)20(7-9-29(38)39)25(34-22)13-26-21(8-10-30(40)41)17(4)23(35-26)12-27-31(28-14-44-28)18(5)32(42)37-27/h6,9,12-13,18,22,24,28,31-32,34-35,37-39,42H,1,7-8,10-11,14H2,2-5H3,(H,36,43)(H,40,41)/b25-13-,27-12-/t18-,22?,24-,28+,31-,32?/m1/s1. The van der Waals surface area contributed by atoms with Gasteiger partial charge in [0.1, 0.15) is 6.23 Å². The Hall–Kier alpha value is -3.83. The lowest BCUT2D eigenvalue weighted by molar-refractivity contribution is -0.137. The first-order valence-corrected chi connectivity index (χ1v) is 16.1. The molecule has 0 spiro atoms. The van der Waals surface area contributed by atoms with Gasteiger partial charge in [0.2, 0.25) is 0 Å². The Balaban J connectivity index is 1.51. The number of hydrogen-bond donors (Lipinski definition) is 8. The summed E-state index contributed by atoms with van der Waals surface area (Å²) >= 11 is 1.89. The Labute approximate surface area is 261 Å². The van der Waals surface area contributed by atoms with Gasteiger partial charge in [-0.3, -0.25) is 9.59 Å². The normalized spacial score (nSPS) is 29.7. The summed E-state index contributed by atoms with van der Waals surface area (Å²) in [7, 11) is 0. The van der Waals surface area contributed by atoms with Crippen LogP contribution in [0.2, 0.25) is 0 Å². The fraction of sp³-hybridized carbons (Fsp3) is 0.455. The molecule has 0 radical (unpaired) electrons. The fourth-order valence-corrected chi connectivity index (χ4v) is 7.61. The number of aromatic amines is 1. The van der Waals surface area contributed by atoms with E-state index in [9.17, 15) is 30.0 Å². The van der Waals surface area contributed by atoms with E-state index in [1.807, 2.05) is 44.7 Å². The molecule has 5 rings (SSSR count). The number of aliphatic hydroxyl groups excluding tert-OH is 2. The second-order valence-electron chi connectivity index (χ2n) is 12.1. The number of carbonyl (C=O) groups is 2. The third-order valence-electron chi connectivity index (χ3n) is 9.44. The van der Waals surface area contributed by atoms with Crippen LogP contribution in [0.5, 0.6) is 0 Å². The van der Waals surface area contributed by atoms with Crippen LogP contribution >= 0.6 is 11.8 Å². The Morgan fingerprint density at radius 2 is 1.75 bits per heavy atom. The van der Waals surface area contributed by atoms with E-state index in [2.05, 4.69) is 34.4 Å². The summed E-state index contributed by atoms with van der Waals surface area (Å²) in [5.41, 5.74) is 8.65. The summed E-state index contributed by atoms with van der Waals surface area (Å²) in [4.78, 5) is 27.5. The highest BCUT2D eigenvalue weighted by Gasteiger charge is 2.45. The van der Waals surface area contributed by atoms with Crippen molar-refractivity contribution in [2.75, 3.05) is 5.75 Å². The van der Waals surface area contributed by atoms with E-state index < -0.39 is 18.1 Å². The van der Waals surface area contributed by atoms with Crippen LogP contribution in [0, 0.1) is 18.8 Å². The van der Waals surface area contributed by atoms with Gasteiger partial charge >= 0.3 is 5.97 Å². The molecule has 10 nitrogen and oxygen atoms in total. The van der Waals surface area contributed by atoms with Crippen LogP contribution in [0.25, 0.3) is 12.2 Å². The minimum Gasteiger partial charge on any atom is -0.481 e. The number of aromatic nitrogens is 1. The van der Waals surface area contributed by atoms with Crippen LogP contribution in [0.3, 0.4) is 0 Å². The maximum absolute atomic E-state index is 12.4. The quantitative estimate of drug-likeness (QED) is 0.132. The van der Waals surface area contributed by atoms with Crippen LogP contribution in [-0.2, 0) is 16.0 Å². The predicted octanol–water partition coefficient (Wildman–Crippen LogP) is 4.34. The molecular formula is C33H42N4O6S. The number of allylic oxidation sites excluding steroid dienone is 3. The van der Waals surface area contributed by atoms with E-state index in [1.54, 1.807) is 6.08 Å². The number of H-pyrrole nitrogens is 1. The number of carboxylic acid groups (broad SMARTS) is 1. The number of carbonyl (C=O) groups excluding carboxylic acids is 1. The summed E-state index contributed by atoms with van der Waals surface area (Å²) in [6.07, 6.45) is 7.47. The van der Waals surface area contributed by atoms with Gasteiger partial charge in [-0.05, 0) is 80.0 Å². The molecule has 6 atom stereocenters. The molecule has 0 saturated carbocycles. The van der Waals surface area contributed by atoms with Gasteiger partial charge in [-0.15, -0.1) is 0 Å². The zero-order valence-corrected chi connectivity index (χ0v) is 26.3. The molecule has 1 amide bonds. The molecule has 236 valence electrons. The Morgan fingerprint density at radius 1 is 1.05 bits per heavy atom. The van der Waals surface area contributed by atoms with Crippen LogP contribution in [0.15, 0.2) is 58.4 Å². The maximum Gasteiger partial charge on any atom is 0.303 e. The fourth-order valence-electron chi connectivity index (χ4n) is 6.69. The Kier molecular flexibility index (Phi) is 9.08. The highest BCUT2D eigenvalue weighted by molar-refractivity contribution is 8.06. The van der Waals surface area contributed by atoms with E-state index in [0.717, 1.165) is 56.4 Å². The molecule has 0 aliphatic carbocycles. The van der Waals surface area contributed by atoms with Crippen LogP contribution in [-0.4, -0.2) is 66.6 Å². The number of hydrogen-bond acceptors (Lipinski definition) is 8. The second kappa shape index (κ2) is 12.6. The SMILES string of the molecule is C=CC1=C(C)[C@@H](CC2N/C(=C\c3[nH]c(/C=C4\NC(O)[C@H](C)[C@H]4[C@@H]4CS4)c(C)c3CCC(=O)O)C(CC=C(O)O)=C2C)NC1=O. The van der Waals surface area contributed by atoms with E-state index in [1.165, 1.54) is 6.08 Å². The molecule has 4 aliphatic heterocycles. The van der Waals surface area contributed by atoms with E-state index in [0.29, 0.717) is 23.7 Å². The first-order valence-electron chi connectivity index (χ1n) is 15.0. The van der Waals surface area contributed by atoms with E-state index >= 15 is 0 Å². The molecule has 2 saturated heterocycles. The van der Waals surface area contributed by atoms with Gasteiger partial charge in [-0.1, -0.05) is 19.6 Å². The molecular weight excluding hydrogens is 580 g/mol. The first kappa shape index (κ1) is 31.6. The lowest BCUT2D eigenvalue weighted by atomic mass is 9.91. The van der Waals surface area contributed by atoms with Crippen LogP contribution in [0.4, 0.5) is 0 Å². The lowest BCUT2D eigenvalue weighted by Gasteiger charge is -2.20. The van der Waals surface area contributed by atoms with Crippen molar-refractivity contribution < 1.29 is 30.0 Å². The molecule has 2 unspecified atom stereocenters. The number of aliphatic carboxylic acids is 1. The molecule has 4 aliphatic rings. The largest absolute Gasteiger partial charge is 0.481 e. The molecule has 8 N–H and O–H groups in total. The molecule has 0 bridgehead atoms. The van der Waals surface area contributed by atoms with Crippen LogP contribution in [0.1, 0.15) is 62.5 Å². The number of carboxylic acids is 1. The van der Waals surface area contributed by atoms with Gasteiger partial charge < -0.3 is 41.4 Å². The van der Waals surface area contributed by atoms with Crippen molar-refractivity contribution >= 4 is 35.8 Å². The van der Waals surface area contributed by atoms with Crippen molar-refractivity contribution in [3.05, 3.63) is 80.9 Å². The smallest absolute Gasteiger partial charge is 0.303 e. The van der Waals surface area contributed by atoms with Gasteiger partial charge in [-0.25, -0.2) is 0 Å². The van der Waals surface area contributed by atoms with Crippen molar-refractivity contribution in [2.24, 2.45) is 11.8 Å². The molecule has 1 aromatic rings. The summed E-state index contributed by atoms with van der Waals surface area (Å²) < 4.78 is 0. The third kappa shape index (κ3) is 6.34. The van der Waals surface area contributed by atoms with Gasteiger partial charge in [0.05, 0.1) is 6.04 Å². The molecule has 0 aromatic carbocycles. The maximum atomic E-state index is 12.4. The van der Waals surface area contributed by atoms with Gasteiger partial charge in [0.15, 0.2) is 0 Å². The Bertz CT molecular complexity index is 1520. The van der Waals surface area contributed by atoms with Crippen molar-refractivity contribution in [3.63, 3.8) is 0 Å². The molecule has 44 heavy (non-hydrogen) atoms. The zero-order chi connectivity index (χ0) is 31.9. The first-order chi connectivity index (χ1) is 20.9. The van der Waals surface area contributed by atoms with Crippen molar-refractivity contribution in [2.45, 2.75) is 76.9 Å². The minimum atomic E-state index is -0.885. The average Bonchev–Trinajstić information content (AvgIpc) is 3.53. The predicted molar refractivity (Wildman–Crippen MR) is 173 cm³/mol. The van der Waals surface area contributed by atoms with Gasteiger partial charge in [-0.2, -0.15) is 11.8 Å². The topological polar surface area (TPSA) is 167 Å². The third-order valence-corrected chi connectivity index (χ3v) is 10.5. The van der Waals surface area contributed by atoms with Gasteiger partial charge in [0, 0.05) is 69.7 Å². The number of nitrogens with one attached hydrogen (secondary N) is 4. The molecule has 11 heteroatoms. The molecule has 2 fully saturated rings. The molecule has 1 aromatic heterocycles. The lowest BCUT2D eigenvalue weighted by Crippen LogP contribution is -2.36. The van der Waals surface area contributed by atoms with Crippen molar-refractivity contribution in [3.8, 4) is 0 Å². The van der Waals surface area contributed by atoms with Gasteiger partial charge in [0.25, 0.3) is 11.9 Å². The number of thioether (sulfide) groups is 1. The van der Waals surface area contributed by atoms with E-state index in [4.69, 9.17) is 0 Å². The Morgan fingerprint density at radius 3 is 2.36 bits per heavy atom. The molecule has 5 heterocycles. The summed E-state index contributed by atoms with van der Waals surface area (Å²) in [5.74, 6) is -0.421. The van der Waals surface area contributed by atoms with Crippen LogP contribution < -0.4 is 16.0 Å². The van der Waals surface area contributed by atoms with E-state index in [-0.39, 0.29) is 42.7 Å². The highest BCUT2D eigenvalue weighted by Crippen LogP contribution is 2.47. The number of aliphatic hydroxyl groups is 3. The second-order valence-corrected chi connectivity index (χ2v) is 13.4. The highest BCUT2D eigenvalue weighted by atomic mass is 32.2. The van der Waals surface area contributed by atoms with Crippen molar-refractivity contribution in [1.82, 2.24) is 20.9 Å². The summed E-state index contributed by atoms with van der Waals surface area (Å²) in [6, 6.07) is -0.297. The average molecular weight is 623 g/mol. The minimum absolute atomic E-state index is 0.0300. The zero-order valence-electron chi connectivity index (χ0n) is 25.5. The summed E-state index contributed by atoms with van der Waals surface area (Å²) in [5, 5.41) is 49.5. The summed E-state index contributed by atoms with van der Waals surface area (Å²) in [6.45, 7) is 11.7. The monoisotopic (exact) mass is 622 g/mol. The number of amides is 1. The van der Waals surface area contributed by atoms with Crippen molar-refractivity contribution in [1.29, 1.82) is 0 Å².